The molecule has 0 bridgehead atoms. The molecule has 0 aliphatic rings. The standard InChI is InChI=1S/C25H22N2O5/c1-30-17-12-13-19(21(15-17)31-2)26-25(29)24-23(18-10-6-7-11-20(18)32-24)27-22(28)14-16-8-4-3-5-9-16/h3-13,15H,14H2,1-2H3,(H,26,29)(H,27,28). The molecule has 2 N–H and O–H groups in total. The lowest BCUT2D eigenvalue weighted by Crippen LogP contribution is -2.18. The Balaban J connectivity index is 1.64. The molecule has 0 aliphatic carbocycles. The van der Waals surface area contributed by atoms with E-state index in [2.05, 4.69) is 10.6 Å². The van der Waals surface area contributed by atoms with Gasteiger partial charge in [-0.2, -0.15) is 0 Å². The molecule has 0 spiro atoms. The number of benzene rings is 3. The molecule has 0 saturated heterocycles. The average molecular weight is 430 g/mol. The summed E-state index contributed by atoms with van der Waals surface area (Å²) in [6.07, 6.45) is 0.174. The molecule has 2 amide bonds. The van der Waals surface area contributed by atoms with Crippen LogP contribution in [0.2, 0.25) is 0 Å². The van der Waals surface area contributed by atoms with Crippen LogP contribution in [0.3, 0.4) is 0 Å². The number of carbonyl (C=O) groups is 2. The third-order valence-electron chi connectivity index (χ3n) is 4.93. The number of anilines is 2. The van der Waals surface area contributed by atoms with Gasteiger partial charge in [0.25, 0.3) is 5.91 Å². The van der Waals surface area contributed by atoms with Crippen molar-refractivity contribution in [2.75, 3.05) is 24.9 Å². The molecule has 3 aromatic carbocycles. The van der Waals surface area contributed by atoms with Gasteiger partial charge in [-0.05, 0) is 29.8 Å². The van der Waals surface area contributed by atoms with Crippen molar-refractivity contribution in [1.29, 1.82) is 0 Å². The lowest BCUT2D eigenvalue weighted by molar-refractivity contribution is -0.115. The van der Waals surface area contributed by atoms with Gasteiger partial charge in [-0.1, -0.05) is 42.5 Å². The normalized spacial score (nSPS) is 10.6. The van der Waals surface area contributed by atoms with E-state index in [-0.39, 0.29) is 18.1 Å². The van der Waals surface area contributed by atoms with E-state index < -0.39 is 5.91 Å². The van der Waals surface area contributed by atoms with Crippen LogP contribution in [-0.2, 0) is 11.2 Å². The van der Waals surface area contributed by atoms with E-state index in [0.29, 0.717) is 33.8 Å². The maximum Gasteiger partial charge on any atom is 0.293 e. The van der Waals surface area contributed by atoms with E-state index in [1.165, 1.54) is 7.11 Å². The Labute approximate surface area is 184 Å². The van der Waals surface area contributed by atoms with Gasteiger partial charge in [0.2, 0.25) is 11.7 Å². The van der Waals surface area contributed by atoms with Crippen LogP contribution >= 0.6 is 0 Å². The molecule has 1 aromatic heterocycles. The SMILES string of the molecule is COc1ccc(NC(=O)c2oc3ccccc3c2NC(=O)Cc2ccccc2)c(OC)c1. The number of para-hydroxylation sites is 1. The maximum atomic E-state index is 13.1. The largest absolute Gasteiger partial charge is 0.497 e. The predicted octanol–water partition coefficient (Wildman–Crippen LogP) is 4.88. The van der Waals surface area contributed by atoms with E-state index >= 15 is 0 Å². The summed E-state index contributed by atoms with van der Waals surface area (Å²) < 4.78 is 16.4. The van der Waals surface area contributed by atoms with Crippen LogP contribution < -0.4 is 20.1 Å². The number of fused-ring (bicyclic) bond motifs is 1. The summed E-state index contributed by atoms with van der Waals surface area (Å²) in [5.74, 6) is 0.268. The highest BCUT2D eigenvalue weighted by molar-refractivity contribution is 6.15. The van der Waals surface area contributed by atoms with Gasteiger partial charge in [0.1, 0.15) is 22.8 Å². The van der Waals surface area contributed by atoms with Gasteiger partial charge < -0.3 is 24.5 Å². The van der Waals surface area contributed by atoms with Gasteiger partial charge in [-0.3, -0.25) is 9.59 Å². The van der Waals surface area contributed by atoms with Crippen molar-refractivity contribution in [3.8, 4) is 11.5 Å². The van der Waals surface area contributed by atoms with Crippen LogP contribution in [0.15, 0.2) is 77.2 Å². The molecule has 1 heterocycles. The lowest BCUT2D eigenvalue weighted by atomic mass is 10.1. The Morgan fingerprint density at radius 1 is 0.875 bits per heavy atom. The van der Waals surface area contributed by atoms with Gasteiger partial charge in [0.15, 0.2) is 0 Å². The van der Waals surface area contributed by atoms with Crippen molar-refractivity contribution in [1.82, 2.24) is 0 Å². The zero-order valence-electron chi connectivity index (χ0n) is 17.7. The molecule has 7 heteroatoms. The van der Waals surface area contributed by atoms with Crippen molar-refractivity contribution < 1.29 is 23.5 Å². The summed E-state index contributed by atoms with van der Waals surface area (Å²) in [6.45, 7) is 0. The Bertz CT molecular complexity index is 1260. The number of furan rings is 1. The minimum absolute atomic E-state index is 0.00508. The highest BCUT2D eigenvalue weighted by Crippen LogP contribution is 2.34. The Morgan fingerprint density at radius 3 is 2.38 bits per heavy atom. The van der Waals surface area contributed by atoms with Gasteiger partial charge in [0.05, 0.1) is 26.3 Å². The Morgan fingerprint density at radius 2 is 1.62 bits per heavy atom. The number of amides is 2. The van der Waals surface area contributed by atoms with E-state index in [9.17, 15) is 9.59 Å². The van der Waals surface area contributed by atoms with Crippen LogP contribution in [-0.4, -0.2) is 26.0 Å². The third kappa shape index (κ3) is 4.41. The zero-order valence-corrected chi connectivity index (χ0v) is 17.7. The molecular formula is C25H22N2O5. The minimum Gasteiger partial charge on any atom is -0.497 e. The fourth-order valence-electron chi connectivity index (χ4n) is 3.38. The fraction of sp³-hybridized carbons (Fsp3) is 0.120. The number of hydrogen-bond acceptors (Lipinski definition) is 5. The molecule has 0 unspecified atom stereocenters. The van der Waals surface area contributed by atoms with Crippen molar-refractivity contribution in [3.63, 3.8) is 0 Å². The second-order valence-electron chi connectivity index (χ2n) is 7.03. The van der Waals surface area contributed by atoms with Crippen molar-refractivity contribution in [3.05, 3.63) is 84.1 Å². The van der Waals surface area contributed by atoms with Crippen molar-refractivity contribution in [2.24, 2.45) is 0 Å². The van der Waals surface area contributed by atoms with Crippen LogP contribution in [0.5, 0.6) is 11.5 Å². The van der Waals surface area contributed by atoms with Crippen molar-refractivity contribution >= 4 is 34.2 Å². The molecule has 4 rings (SSSR count). The van der Waals surface area contributed by atoms with E-state index in [0.717, 1.165) is 5.56 Å². The molecule has 4 aromatic rings. The Hall–Kier alpha value is -4.26. The summed E-state index contributed by atoms with van der Waals surface area (Å²) in [5.41, 5.74) is 2.13. The first kappa shape index (κ1) is 21.0. The molecule has 7 nitrogen and oxygen atoms in total. The molecule has 162 valence electrons. The molecule has 0 radical (unpaired) electrons. The van der Waals surface area contributed by atoms with Gasteiger partial charge in [0, 0.05) is 11.5 Å². The number of rotatable bonds is 7. The Kier molecular flexibility index (Phi) is 6.07. The number of ether oxygens (including phenoxy) is 2. The first-order valence-electron chi connectivity index (χ1n) is 9.97. The van der Waals surface area contributed by atoms with Gasteiger partial charge in [-0.15, -0.1) is 0 Å². The highest BCUT2D eigenvalue weighted by Gasteiger charge is 2.23. The second kappa shape index (κ2) is 9.26. The topological polar surface area (TPSA) is 89.8 Å². The molecule has 0 atom stereocenters. The second-order valence-corrected chi connectivity index (χ2v) is 7.03. The molecular weight excluding hydrogens is 408 g/mol. The minimum atomic E-state index is -0.514. The van der Waals surface area contributed by atoms with E-state index in [4.69, 9.17) is 13.9 Å². The monoisotopic (exact) mass is 430 g/mol. The van der Waals surface area contributed by atoms with Crippen molar-refractivity contribution in [2.45, 2.75) is 6.42 Å². The summed E-state index contributed by atoms with van der Waals surface area (Å²) >= 11 is 0. The smallest absolute Gasteiger partial charge is 0.293 e. The van der Waals surface area contributed by atoms with Crippen LogP contribution in [0.25, 0.3) is 11.0 Å². The first-order chi connectivity index (χ1) is 15.6. The third-order valence-corrected chi connectivity index (χ3v) is 4.93. The highest BCUT2D eigenvalue weighted by atomic mass is 16.5. The maximum absolute atomic E-state index is 13.1. The summed E-state index contributed by atoms with van der Waals surface area (Å²) in [6, 6.07) is 21.6. The number of hydrogen-bond donors (Lipinski definition) is 2. The molecule has 0 saturated carbocycles. The lowest BCUT2D eigenvalue weighted by Gasteiger charge is -2.12. The summed E-state index contributed by atoms with van der Waals surface area (Å²) in [4.78, 5) is 25.8. The number of nitrogens with one attached hydrogen (secondary N) is 2. The number of methoxy groups -OCH3 is 2. The van der Waals surface area contributed by atoms with Crippen LogP contribution in [0, 0.1) is 0 Å². The predicted molar refractivity (Wildman–Crippen MR) is 122 cm³/mol. The van der Waals surface area contributed by atoms with Gasteiger partial charge >= 0.3 is 0 Å². The number of carbonyl (C=O) groups excluding carboxylic acids is 2. The first-order valence-corrected chi connectivity index (χ1v) is 9.97. The fourth-order valence-corrected chi connectivity index (χ4v) is 3.38. The van der Waals surface area contributed by atoms with Crippen LogP contribution in [0.1, 0.15) is 16.1 Å². The summed E-state index contributed by atoms with van der Waals surface area (Å²) in [5, 5.41) is 6.28. The van der Waals surface area contributed by atoms with E-state index in [1.54, 1.807) is 43.5 Å². The molecule has 0 fully saturated rings. The average Bonchev–Trinajstić information content (AvgIpc) is 3.18. The van der Waals surface area contributed by atoms with Crippen LogP contribution in [0.4, 0.5) is 11.4 Å². The summed E-state index contributed by atoms with van der Waals surface area (Å²) in [7, 11) is 3.05. The zero-order chi connectivity index (χ0) is 22.5. The van der Waals surface area contributed by atoms with E-state index in [1.807, 2.05) is 36.4 Å². The molecule has 0 aliphatic heterocycles. The van der Waals surface area contributed by atoms with Gasteiger partial charge in [-0.25, -0.2) is 0 Å². The quantitative estimate of drug-likeness (QED) is 0.436. The molecule has 32 heavy (non-hydrogen) atoms.